The molecular weight excluding hydrogens is 373 g/mol. The predicted octanol–water partition coefficient (Wildman–Crippen LogP) is 5.25. The Kier molecular flexibility index (Phi) is 5.45. The van der Waals surface area contributed by atoms with Crippen molar-refractivity contribution >= 4 is 51.5 Å². The molecule has 6 heteroatoms. The van der Waals surface area contributed by atoms with Crippen LogP contribution in [0.5, 0.6) is 0 Å². The molecule has 0 aliphatic rings. The van der Waals surface area contributed by atoms with Gasteiger partial charge in [0.1, 0.15) is 0 Å². The van der Waals surface area contributed by atoms with Gasteiger partial charge in [-0.2, -0.15) is 0 Å². The number of aryl methyl sites for hydroxylation is 1. The lowest BCUT2D eigenvalue weighted by atomic mass is 10.1. The summed E-state index contributed by atoms with van der Waals surface area (Å²) in [5.41, 5.74) is 1.49. The minimum Gasteiger partial charge on any atom is -0.452 e. The van der Waals surface area contributed by atoms with Gasteiger partial charge in [-0.05, 0) is 35.4 Å². The van der Waals surface area contributed by atoms with Crippen LogP contribution in [0.1, 0.15) is 15.9 Å². The van der Waals surface area contributed by atoms with Crippen LogP contribution in [0.3, 0.4) is 0 Å². The molecule has 0 fully saturated rings. The number of anilines is 1. The van der Waals surface area contributed by atoms with Gasteiger partial charge in [0, 0.05) is 0 Å². The van der Waals surface area contributed by atoms with Gasteiger partial charge in [0.15, 0.2) is 6.61 Å². The molecule has 4 nitrogen and oxygen atoms in total. The molecule has 0 unspecified atom stereocenters. The van der Waals surface area contributed by atoms with Crippen LogP contribution in [-0.4, -0.2) is 18.5 Å². The quantitative estimate of drug-likeness (QED) is 0.621. The van der Waals surface area contributed by atoms with E-state index in [0.717, 1.165) is 16.3 Å². The average molecular weight is 388 g/mol. The van der Waals surface area contributed by atoms with Crippen LogP contribution in [0.4, 0.5) is 5.69 Å². The second-order valence-electron chi connectivity index (χ2n) is 5.70. The Morgan fingerprint density at radius 3 is 2.54 bits per heavy atom. The first-order valence-corrected chi connectivity index (χ1v) is 8.62. The Balaban J connectivity index is 1.70. The largest absolute Gasteiger partial charge is 0.452 e. The first-order valence-electron chi connectivity index (χ1n) is 7.86. The number of nitrogens with one attached hydrogen (secondary N) is 1. The summed E-state index contributed by atoms with van der Waals surface area (Å²) in [5, 5.41) is 4.94. The summed E-state index contributed by atoms with van der Waals surface area (Å²) >= 11 is 12.2. The van der Waals surface area contributed by atoms with E-state index in [1.54, 1.807) is 31.2 Å². The number of fused-ring (bicyclic) bond motifs is 1. The number of esters is 1. The van der Waals surface area contributed by atoms with Crippen LogP contribution in [0.15, 0.2) is 54.6 Å². The van der Waals surface area contributed by atoms with Crippen LogP contribution in [0.25, 0.3) is 10.8 Å². The standard InChI is InChI=1S/C20H15Cl2NO3/c1-12-9-10-16(21)19(18(12)22)23-17(24)11-26-20(25)15-8-4-6-13-5-2-3-7-14(13)15/h2-10H,11H2,1H3,(H,23,24). The third-order valence-electron chi connectivity index (χ3n) is 3.89. The number of rotatable bonds is 4. The normalized spacial score (nSPS) is 10.6. The highest BCUT2D eigenvalue weighted by Crippen LogP contribution is 2.32. The zero-order chi connectivity index (χ0) is 18.7. The van der Waals surface area contributed by atoms with E-state index < -0.39 is 18.5 Å². The molecule has 0 aromatic heterocycles. The fourth-order valence-corrected chi connectivity index (χ4v) is 3.02. The van der Waals surface area contributed by atoms with E-state index in [9.17, 15) is 9.59 Å². The highest BCUT2D eigenvalue weighted by atomic mass is 35.5. The van der Waals surface area contributed by atoms with Crippen LogP contribution in [-0.2, 0) is 9.53 Å². The number of amides is 1. The number of benzene rings is 3. The van der Waals surface area contributed by atoms with Crippen LogP contribution in [0, 0.1) is 6.92 Å². The summed E-state index contributed by atoms with van der Waals surface area (Å²) in [4.78, 5) is 24.5. The lowest BCUT2D eigenvalue weighted by Gasteiger charge is -2.12. The molecule has 0 heterocycles. The van der Waals surface area contributed by atoms with E-state index in [1.807, 2.05) is 30.3 Å². The zero-order valence-corrected chi connectivity index (χ0v) is 15.4. The molecule has 3 aromatic rings. The number of carbonyl (C=O) groups is 2. The van der Waals surface area contributed by atoms with Crippen molar-refractivity contribution in [2.75, 3.05) is 11.9 Å². The van der Waals surface area contributed by atoms with Gasteiger partial charge < -0.3 is 10.1 Å². The fraction of sp³-hybridized carbons (Fsp3) is 0.100. The van der Waals surface area contributed by atoms with Gasteiger partial charge in [-0.25, -0.2) is 4.79 Å². The Morgan fingerprint density at radius 1 is 1.00 bits per heavy atom. The number of hydrogen-bond acceptors (Lipinski definition) is 3. The van der Waals surface area contributed by atoms with E-state index >= 15 is 0 Å². The van der Waals surface area contributed by atoms with Gasteiger partial charge in [0.05, 0.1) is 21.3 Å². The first kappa shape index (κ1) is 18.2. The summed E-state index contributed by atoms with van der Waals surface area (Å²) < 4.78 is 5.14. The van der Waals surface area contributed by atoms with Crippen molar-refractivity contribution in [3.05, 3.63) is 75.8 Å². The van der Waals surface area contributed by atoms with Gasteiger partial charge in [0.25, 0.3) is 5.91 Å². The summed E-state index contributed by atoms with van der Waals surface area (Å²) in [5.74, 6) is -1.09. The van der Waals surface area contributed by atoms with E-state index in [1.165, 1.54) is 0 Å². The summed E-state index contributed by atoms with van der Waals surface area (Å²) in [6, 6.07) is 16.2. The number of halogens is 2. The minimum atomic E-state index is -0.571. The second kappa shape index (κ2) is 7.77. The maximum absolute atomic E-state index is 12.3. The van der Waals surface area contributed by atoms with Crippen molar-refractivity contribution in [1.82, 2.24) is 0 Å². The topological polar surface area (TPSA) is 55.4 Å². The van der Waals surface area contributed by atoms with Crippen molar-refractivity contribution in [2.45, 2.75) is 6.92 Å². The van der Waals surface area contributed by atoms with Crippen molar-refractivity contribution in [2.24, 2.45) is 0 Å². The molecule has 132 valence electrons. The van der Waals surface area contributed by atoms with Crippen LogP contribution >= 0.6 is 23.2 Å². The van der Waals surface area contributed by atoms with E-state index in [0.29, 0.717) is 21.3 Å². The van der Waals surface area contributed by atoms with E-state index in [2.05, 4.69) is 5.32 Å². The molecule has 0 atom stereocenters. The Bertz CT molecular complexity index is 996. The van der Waals surface area contributed by atoms with Gasteiger partial charge in [-0.3, -0.25) is 4.79 Å². The molecule has 3 rings (SSSR count). The molecule has 3 aromatic carbocycles. The Morgan fingerprint density at radius 2 is 1.73 bits per heavy atom. The number of carbonyl (C=O) groups excluding carboxylic acids is 2. The van der Waals surface area contributed by atoms with Crippen molar-refractivity contribution in [3.8, 4) is 0 Å². The van der Waals surface area contributed by atoms with Gasteiger partial charge >= 0.3 is 5.97 Å². The Hall–Kier alpha value is -2.56. The lowest BCUT2D eigenvalue weighted by Crippen LogP contribution is -2.21. The maximum atomic E-state index is 12.3. The number of hydrogen-bond donors (Lipinski definition) is 1. The monoisotopic (exact) mass is 387 g/mol. The van der Waals surface area contributed by atoms with Crippen molar-refractivity contribution < 1.29 is 14.3 Å². The van der Waals surface area contributed by atoms with Gasteiger partial charge in [0.2, 0.25) is 0 Å². The van der Waals surface area contributed by atoms with Gasteiger partial charge in [-0.1, -0.05) is 65.7 Å². The molecule has 0 spiro atoms. The third kappa shape index (κ3) is 3.82. The van der Waals surface area contributed by atoms with Crippen molar-refractivity contribution in [1.29, 1.82) is 0 Å². The maximum Gasteiger partial charge on any atom is 0.339 e. The smallest absolute Gasteiger partial charge is 0.339 e. The Labute approximate surface area is 160 Å². The lowest BCUT2D eigenvalue weighted by molar-refractivity contribution is -0.119. The molecule has 26 heavy (non-hydrogen) atoms. The molecule has 0 bridgehead atoms. The first-order chi connectivity index (χ1) is 12.5. The van der Waals surface area contributed by atoms with Crippen LogP contribution < -0.4 is 5.32 Å². The zero-order valence-electron chi connectivity index (χ0n) is 13.9. The second-order valence-corrected chi connectivity index (χ2v) is 6.49. The molecule has 0 saturated heterocycles. The molecule has 0 radical (unpaired) electrons. The molecule has 0 aliphatic heterocycles. The van der Waals surface area contributed by atoms with E-state index in [-0.39, 0.29) is 0 Å². The molecule has 0 saturated carbocycles. The van der Waals surface area contributed by atoms with E-state index in [4.69, 9.17) is 27.9 Å². The van der Waals surface area contributed by atoms with Gasteiger partial charge in [-0.15, -0.1) is 0 Å². The third-order valence-corrected chi connectivity index (χ3v) is 4.69. The summed E-state index contributed by atoms with van der Waals surface area (Å²) in [6.45, 7) is 1.36. The highest BCUT2D eigenvalue weighted by molar-refractivity contribution is 6.40. The van der Waals surface area contributed by atoms with Crippen LogP contribution in [0.2, 0.25) is 10.0 Å². The number of ether oxygens (including phenoxy) is 1. The summed E-state index contributed by atoms with van der Waals surface area (Å²) in [7, 11) is 0. The molecule has 1 amide bonds. The summed E-state index contributed by atoms with van der Waals surface area (Å²) in [6.07, 6.45) is 0. The minimum absolute atomic E-state index is 0.305. The molecular formula is C20H15Cl2NO3. The SMILES string of the molecule is Cc1ccc(Cl)c(NC(=O)COC(=O)c2cccc3ccccc23)c1Cl. The average Bonchev–Trinajstić information content (AvgIpc) is 2.66. The fourth-order valence-electron chi connectivity index (χ4n) is 2.56. The molecule has 0 aliphatic carbocycles. The predicted molar refractivity (Wildman–Crippen MR) is 104 cm³/mol. The van der Waals surface area contributed by atoms with Crippen molar-refractivity contribution in [3.63, 3.8) is 0 Å². The molecule has 1 N–H and O–H groups in total. The highest BCUT2D eigenvalue weighted by Gasteiger charge is 2.15.